The van der Waals surface area contributed by atoms with Crippen LogP contribution in [0.2, 0.25) is 0 Å². The summed E-state index contributed by atoms with van der Waals surface area (Å²) in [7, 11) is 0. The standard InChI is InChI=1S/C17H12N2O4/c20-15-9-13(12-3-1-2-4-14(12)19-15)16(21)18-11-7-5-10(6-8-11)17(22)23/h1-9H,(H,18,21)(H,19,20)(H,22,23)/p-1. The van der Waals surface area contributed by atoms with Crippen molar-refractivity contribution in [2.24, 2.45) is 0 Å². The van der Waals surface area contributed by atoms with E-state index in [0.717, 1.165) is 0 Å². The molecular formula is C17H11N2O4-. The fourth-order valence-electron chi connectivity index (χ4n) is 2.28. The number of carboxylic acid groups (broad SMARTS) is 1. The van der Waals surface area contributed by atoms with Gasteiger partial charge in [0.2, 0.25) is 5.56 Å². The first-order valence-electron chi connectivity index (χ1n) is 6.79. The van der Waals surface area contributed by atoms with Crippen LogP contribution in [0.25, 0.3) is 10.9 Å². The third-order valence-electron chi connectivity index (χ3n) is 3.37. The zero-order valence-corrected chi connectivity index (χ0v) is 11.8. The Balaban J connectivity index is 1.94. The van der Waals surface area contributed by atoms with Crippen LogP contribution >= 0.6 is 0 Å². The van der Waals surface area contributed by atoms with E-state index in [1.54, 1.807) is 24.3 Å². The molecule has 2 aromatic carbocycles. The van der Waals surface area contributed by atoms with Gasteiger partial charge in [0.1, 0.15) is 0 Å². The van der Waals surface area contributed by atoms with Gasteiger partial charge in [-0.2, -0.15) is 0 Å². The Morgan fingerprint density at radius 2 is 1.70 bits per heavy atom. The second-order valence-electron chi connectivity index (χ2n) is 4.91. The number of pyridine rings is 1. The van der Waals surface area contributed by atoms with Crippen molar-refractivity contribution in [2.45, 2.75) is 0 Å². The van der Waals surface area contributed by atoms with Crippen molar-refractivity contribution in [2.75, 3.05) is 5.32 Å². The Labute approximate surface area is 130 Å². The molecule has 0 saturated carbocycles. The molecule has 0 fully saturated rings. The largest absolute Gasteiger partial charge is 0.545 e. The molecule has 0 aliphatic heterocycles. The summed E-state index contributed by atoms with van der Waals surface area (Å²) in [6, 6.07) is 13.8. The van der Waals surface area contributed by atoms with Gasteiger partial charge in [-0.15, -0.1) is 0 Å². The van der Waals surface area contributed by atoms with Crippen molar-refractivity contribution >= 4 is 28.5 Å². The molecule has 0 unspecified atom stereocenters. The fourth-order valence-corrected chi connectivity index (χ4v) is 2.28. The van der Waals surface area contributed by atoms with Gasteiger partial charge in [-0.3, -0.25) is 9.59 Å². The quantitative estimate of drug-likeness (QED) is 0.757. The SMILES string of the molecule is O=C([O-])c1ccc(NC(=O)c2cc(=O)[nH]c3ccccc23)cc1. The molecule has 0 spiro atoms. The van der Waals surface area contributed by atoms with Gasteiger partial charge in [0.05, 0.1) is 11.5 Å². The average molecular weight is 307 g/mol. The molecule has 0 saturated heterocycles. The predicted molar refractivity (Wildman–Crippen MR) is 83.3 cm³/mol. The summed E-state index contributed by atoms with van der Waals surface area (Å²) < 4.78 is 0. The van der Waals surface area contributed by atoms with E-state index in [0.29, 0.717) is 16.6 Å². The number of anilines is 1. The van der Waals surface area contributed by atoms with E-state index in [-0.39, 0.29) is 16.7 Å². The van der Waals surface area contributed by atoms with E-state index in [9.17, 15) is 19.5 Å². The van der Waals surface area contributed by atoms with E-state index in [2.05, 4.69) is 10.3 Å². The molecule has 0 radical (unpaired) electrons. The van der Waals surface area contributed by atoms with Crippen LogP contribution in [-0.4, -0.2) is 16.9 Å². The second kappa shape index (κ2) is 5.76. The Morgan fingerprint density at radius 3 is 2.39 bits per heavy atom. The number of hydrogen-bond donors (Lipinski definition) is 2. The highest BCUT2D eigenvalue weighted by atomic mass is 16.4. The first-order valence-corrected chi connectivity index (χ1v) is 6.79. The summed E-state index contributed by atoms with van der Waals surface area (Å²) in [5, 5.41) is 14.0. The third kappa shape index (κ3) is 2.96. The number of amides is 1. The lowest BCUT2D eigenvalue weighted by Gasteiger charge is -2.09. The van der Waals surface area contributed by atoms with Crippen LogP contribution in [0.5, 0.6) is 0 Å². The number of carbonyl (C=O) groups excluding carboxylic acids is 2. The molecule has 0 aliphatic rings. The van der Waals surface area contributed by atoms with Gasteiger partial charge in [0, 0.05) is 22.7 Å². The number of aromatic amines is 1. The van der Waals surface area contributed by atoms with E-state index in [1.807, 2.05) is 0 Å². The topological polar surface area (TPSA) is 102 Å². The van der Waals surface area contributed by atoms with Crippen LogP contribution < -0.4 is 16.0 Å². The van der Waals surface area contributed by atoms with Crippen molar-refractivity contribution in [3.05, 3.63) is 76.1 Å². The van der Waals surface area contributed by atoms with Gasteiger partial charge < -0.3 is 20.2 Å². The molecule has 114 valence electrons. The van der Waals surface area contributed by atoms with Crippen molar-refractivity contribution < 1.29 is 14.7 Å². The molecule has 3 aromatic rings. The van der Waals surface area contributed by atoms with E-state index in [1.165, 1.54) is 30.3 Å². The summed E-state index contributed by atoms with van der Waals surface area (Å²) in [6.45, 7) is 0. The summed E-state index contributed by atoms with van der Waals surface area (Å²) in [6.07, 6.45) is 0. The third-order valence-corrected chi connectivity index (χ3v) is 3.37. The molecule has 3 rings (SSSR count). The molecule has 6 nitrogen and oxygen atoms in total. The number of rotatable bonds is 3. The number of hydrogen-bond acceptors (Lipinski definition) is 4. The van der Waals surface area contributed by atoms with Gasteiger partial charge >= 0.3 is 0 Å². The molecule has 1 amide bonds. The summed E-state index contributed by atoms with van der Waals surface area (Å²) >= 11 is 0. The van der Waals surface area contributed by atoms with Crippen molar-refractivity contribution in [3.8, 4) is 0 Å². The number of nitrogens with one attached hydrogen (secondary N) is 2. The van der Waals surface area contributed by atoms with E-state index in [4.69, 9.17) is 0 Å². The number of aromatic carboxylic acids is 1. The number of carboxylic acids is 1. The van der Waals surface area contributed by atoms with Crippen LogP contribution in [0.3, 0.4) is 0 Å². The maximum absolute atomic E-state index is 12.4. The van der Waals surface area contributed by atoms with Crippen LogP contribution in [0.15, 0.2) is 59.4 Å². The van der Waals surface area contributed by atoms with Crippen LogP contribution in [0.4, 0.5) is 5.69 Å². The predicted octanol–water partition coefficient (Wildman–Crippen LogP) is 1.14. The maximum Gasteiger partial charge on any atom is 0.256 e. The van der Waals surface area contributed by atoms with Crippen molar-refractivity contribution in [1.29, 1.82) is 0 Å². The smallest absolute Gasteiger partial charge is 0.256 e. The van der Waals surface area contributed by atoms with Crippen molar-refractivity contribution in [3.63, 3.8) is 0 Å². The van der Waals surface area contributed by atoms with Gasteiger partial charge in [0.15, 0.2) is 0 Å². The van der Waals surface area contributed by atoms with Crippen molar-refractivity contribution in [1.82, 2.24) is 4.98 Å². The molecule has 23 heavy (non-hydrogen) atoms. The number of aromatic nitrogens is 1. The molecule has 6 heteroatoms. The maximum atomic E-state index is 12.4. The van der Waals surface area contributed by atoms with Gasteiger partial charge in [0.25, 0.3) is 5.91 Å². The molecular weight excluding hydrogens is 296 g/mol. The zero-order chi connectivity index (χ0) is 16.4. The Kier molecular flexibility index (Phi) is 3.64. The highest BCUT2D eigenvalue weighted by molar-refractivity contribution is 6.12. The number of benzene rings is 2. The summed E-state index contributed by atoms with van der Waals surface area (Å²) in [4.78, 5) is 37.4. The van der Waals surface area contributed by atoms with E-state index < -0.39 is 11.9 Å². The Hall–Kier alpha value is -3.41. The minimum absolute atomic E-state index is 0.0182. The van der Waals surface area contributed by atoms with Gasteiger partial charge in [-0.05, 0) is 23.8 Å². The highest BCUT2D eigenvalue weighted by Gasteiger charge is 2.11. The second-order valence-corrected chi connectivity index (χ2v) is 4.91. The monoisotopic (exact) mass is 307 g/mol. The fraction of sp³-hybridized carbons (Fsp3) is 0. The zero-order valence-electron chi connectivity index (χ0n) is 11.8. The van der Waals surface area contributed by atoms with E-state index >= 15 is 0 Å². The van der Waals surface area contributed by atoms with Gasteiger partial charge in [-0.1, -0.05) is 30.3 Å². The number of carbonyl (C=O) groups is 2. The van der Waals surface area contributed by atoms with Crippen LogP contribution in [0.1, 0.15) is 20.7 Å². The molecule has 2 N–H and O–H groups in total. The molecule has 0 aliphatic carbocycles. The normalized spacial score (nSPS) is 10.4. The molecule has 1 aromatic heterocycles. The lowest BCUT2D eigenvalue weighted by Crippen LogP contribution is -2.22. The summed E-state index contributed by atoms with van der Waals surface area (Å²) in [5.74, 6) is -1.74. The van der Waals surface area contributed by atoms with Gasteiger partial charge in [-0.25, -0.2) is 0 Å². The first-order chi connectivity index (χ1) is 11.0. The molecule has 1 heterocycles. The Bertz CT molecular complexity index is 958. The lowest BCUT2D eigenvalue weighted by atomic mass is 10.1. The summed E-state index contributed by atoms with van der Waals surface area (Å²) in [5.41, 5.74) is 0.876. The Morgan fingerprint density at radius 1 is 1.00 bits per heavy atom. The molecule has 0 atom stereocenters. The van der Waals surface area contributed by atoms with Crippen LogP contribution in [-0.2, 0) is 0 Å². The average Bonchev–Trinajstić information content (AvgIpc) is 2.54. The van der Waals surface area contributed by atoms with Crippen LogP contribution in [0, 0.1) is 0 Å². The molecule has 0 bridgehead atoms. The number of H-pyrrole nitrogens is 1. The minimum Gasteiger partial charge on any atom is -0.545 e. The number of fused-ring (bicyclic) bond motifs is 1. The highest BCUT2D eigenvalue weighted by Crippen LogP contribution is 2.17. The minimum atomic E-state index is -1.29. The number of para-hydroxylation sites is 1. The lowest BCUT2D eigenvalue weighted by molar-refractivity contribution is -0.255. The first kappa shape index (κ1) is 14.5.